The first-order valence-corrected chi connectivity index (χ1v) is 5.21. The van der Waals surface area contributed by atoms with Crippen LogP contribution in [0.1, 0.15) is 23.3 Å². The summed E-state index contributed by atoms with van der Waals surface area (Å²) in [5.41, 5.74) is 4.94. The molecule has 0 spiro atoms. The third-order valence-corrected chi connectivity index (χ3v) is 2.32. The molecule has 9 nitrogen and oxygen atoms in total. The highest BCUT2D eigenvalue weighted by molar-refractivity contribution is 5.88. The van der Waals surface area contributed by atoms with Gasteiger partial charge in [0.05, 0.1) is 6.10 Å². The van der Waals surface area contributed by atoms with Crippen molar-refractivity contribution < 1.29 is 24.9 Å². The predicted molar refractivity (Wildman–Crippen MR) is 58.3 cm³/mol. The van der Waals surface area contributed by atoms with Crippen molar-refractivity contribution in [1.82, 2.24) is 14.8 Å². The van der Waals surface area contributed by atoms with Gasteiger partial charge in [0.2, 0.25) is 5.82 Å². The van der Waals surface area contributed by atoms with Crippen molar-refractivity contribution in [2.75, 3.05) is 13.7 Å². The topological polar surface area (TPSA) is 144 Å². The molecule has 1 amide bonds. The Morgan fingerprint density at radius 3 is 2.72 bits per heavy atom. The second-order valence-corrected chi connectivity index (χ2v) is 3.67. The molecular weight excluding hydrogens is 244 g/mol. The van der Waals surface area contributed by atoms with Gasteiger partial charge in [0.1, 0.15) is 12.4 Å². The molecule has 0 bridgehead atoms. The Balaban J connectivity index is 2.66. The fraction of sp³-hybridized carbons (Fsp3) is 0.667. The minimum Gasteiger partial charge on any atom is -0.390 e. The summed E-state index contributed by atoms with van der Waals surface area (Å²) in [4.78, 5) is 14.3. The average Bonchev–Trinajstić information content (AvgIpc) is 2.83. The van der Waals surface area contributed by atoms with E-state index in [-0.39, 0.29) is 18.9 Å². The van der Waals surface area contributed by atoms with Gasteiger partial charge in [-0.25, -0.2) is 9.67 Å². The van der Waals surface area contributed by atoms with Crippen LogP contribution in [0.4, 0.5) is 0 Å². The number of aliphatic hydroxyl groups is 3. The number of hydrogen-bond acceptors (Lipinski definition) is 7. The number of hydrogen-bond donors (Lipinski definition) is 4. The number of aromatic nitrogens is 3. The SMILES string of the molecule is COCCC(O)C(O)C(O)n1cnc(C(N)=O)n1. The zero-order valence-corrected chi connectivity index (χ0v) is 9.80. The van der Waals surface area contributed by atoms with Crippen LogP contribution in [0.3, 0.4) is 0 Å². The van der Waals surface area contributed by atoms with Crippen molar-refractivity contribution in [2.24, 2.45) is 5.73 Å². The van der Waals surface area contributed by atoms with E-state index in [1.807, 2.05) is 0 Å². The van der Waals surface area contributed by atoms with Gasteiger partial charge in [0, 0.05) is 13.7 Å². The van der Waals surface area contributed by atoms with Crippen LogP contribution in [-0.4, -0.2) is 61.9 Å². The third kappa shape index (κ3) is 3.47. The molecular formula is C9H16N4O5. The van der Waals surface area contributed by atoms with E-state index in [0.29, 0.717) is 0 Å². The number of primary amides is 1. The van der Waals surface area contributed by atoms with Gasteiger partial charge in [-0.3, -0.25) is 4.79 Å². The number of carbonyl (C=O) groups is 1. The lowest BCUT2D eigenvalue weighted by Crippen LogP contribution is -2.36. The molecule has 0 fully saturated rings. The van der Waals surface area contributed by atoms with Crippen LogP contribution < -0.4 is 5.73 Å². The van der Waals surface area contributed by atoms with E-state index < -0.39 is 24.3 Å². The van der Waals surface area contributed by atoms with Crippen LogP contribution in [0.5, 0.6) is 0 Å². The Bertz CT molecular complexity index is 396. The molecule has 1 aromatic heterocycles. The highest BCUT2D eigenvalue weighted by atomic mass is 16.5. The number of nitrogens with two attached hydrogens (primary N) is 1. The lowest BCUT2D eigenvalue weighted by atomic mass is 10.1. The zero-order valence-electron chi connectivity index (χ0n) is 9.80. The molecule has 9 heteroatoms. The molecule has 102 valence electrons. The molecule has 3 unspecified atom stereocenters. The van der Waals surface area contributed by atoms with Crippen molar-refractivity contribution in [3.8, 4) is 0 Å². The maximum atomic E-state index is 10.8. The monoisotopic (exact) mass is 260 g/mol. The van der Waals surface area contributed by atoms with Gasteiger partial charge in [-0.2, -0.15) is 0 Å². The molecule has 0 aliphatic rings. The zero-order chi connectivity index (χ0) is 13.7. The first kappa shape index (κ1) is 14.5. The standard InChI is InChI=1S/C9H16N4O5/c1-18-3-2-5(14)6(15)9(17)13-4-11-8(12-13)7(10)16/h4-6,9,14-15,17H,2-3H2,1H3,(H2,10,16). The quantitative estimate of drug-likeness (QED) is 0.428. The van der Waals surface area contributed by atoms with Crippen molar-refractivity contribution in [2.45, 2.75) is 24.9 Å². The number of carbonyl (C=O) groups excluding carboxylic acids is 1. The second kappa shape index (κ2) is 6.40. The largest absolute Gasteiger partial charge is 0.390 e. The van der Waals surface area contributed by atoms with Crippen LogP contribution in [0, 0.1) is 0 Å². The second-order valence-electron chi connectivity index (χ2n) is 3.67. The summed E-state index contributed by atoms with van der Waals surface area (Å²) < 4.78 is 5.58. The Labute approximate surface area is 103 Å². The van der Waals surface area contributed by atoms with E-state index in [9.17, 15) is 20.1 Å². The van der Waals surface area contributed by atoms with E-state index in [1.54, 1.807) is 0 Å². The Kier molecular flexibility index (Phi) is 5.16. The number of aliphatic hydroxyl groups excluding tert-OH is 3. The highest BCUT2D eigenvalue weighted by Gasteiger charge is 2.27. The summed E-state index contributed by atoms with van der Waals surface area (Å²) in [6, 6.07) is 0. The molecule has 18 heavy (non-hydrogen) atoms. The van der Waals surface area contributed by atoms with E-state index in [4.69, 9.17) is 10.5 Å². The van der Waals surface area contributed by atoms with Crippen molar-refractivity contribution in [3.05, 3.63) is 12.2 Å². The Morgan fingerprint density at radius 1 is 1.56 bits per heavy atom. The molecule has 0 aliphatic heterocycles. The molecule has 0 saturated heterocycles. The molecule has 1 rings (SSSR count). The van der Waals surface area contributed by atoms with E-state index in [1.165, 1.54) is 7.11 Å². The lowest BCUT2D eigenvalue weighted by Gasteiger charge is -2.22. The fourth-order valence-electron chi connectivity index (χ4n) is 1.28. The van der Waals surface area contributed by atoms with Crippen LogP contribution in [0.25, 0.3) is 0 Å². The Morgan fingerprint density at radius 2 is 2.22 bits per heavy atom. The first-order valence-electron chi connectivity index (χ1n) is 5.21. The van der Waals surface area contributed by atoms with E-state index in [0.717, 1.165) is 11.0 Å². The van der Waals surface area contributed by atoms with Crippen LogP contribution >= 0.6 is 0 Å². The number of nitrogens with zero attached hydrogens (tertiary/aromatic N) is 3. The number of methoxy groups -OCH3 is 1. The van der Waals surface area contributed by atoms with Gasteiger partial charge >= 0.3 is 0 Å². The molecule has 0 saturated carbocycles. The minimum absolute atomic E-state index is 0.145. The molecule has 5 N–H and O–H groups in total. The normalized spacial score (nSPS) is 16.2. The number of ether oxygens (including phenoxy) is 1. The van der Waals surface area contributed by atoms with Crippen molar-refractivity contribution >= 4 is 5.91 Å². The van der Waals surface area contributed by atoms with Gasteiger partial charge in [0.25, 0.3) is 5.91 Å². The van der Waals surface area contributed by atoms with E-state index >= 15 is 0 Å². The maximum absolute atomic E-state index is 10.8. The van der Waals surface area contributed by atoms with Gasteiger partial charge in [-0.1, -0.05) is 0 Å². The predicted octanol–water partition coefficient (Wildman–Crippen LogP) is -2.37. The number of rotatable bonds is 7. The summed E-state index contributed by atoms with van der Waals surface area (Å²) in [6.07, 6.45) is -3.02. The number of amides is 1. The van der Waals surface area contributed by atoms with Crippen molar-refractivity contribution in [3.63, 3.8) is 0 Å². The third-order valence-electron chi connectivity index (χ3n) is 2.32. The molecule has 3 atom stereocenters. The van der Waals surface area contributed by atoms with Gasteiger partial charge in [0.15, 0.2) is 6.23 Å². The fourth-order valence-corrected chi connectivity index (χ4v) is 1.28. The average molecular weight is 260 g/mol. The maximum Gasteiger partial charge on any atom is 0.288 e. The van der Waals surface area contributed by atoms with Gasteiger partial charge in [-0.15, -0.1) is 5.10 Å². The smallest absolute Gasteiger partial charge is 0.288 e. The van der Waals surface area contributed by atoms with Crippen molar-refractivity contribution in [1.29, 1.82) is 0 Å². The Hall–Kier alpha value is -1.55. The van der Waals surface area contributed by atoms with Crippen LogP contribution in [0.15, 0.2) is 6.33 Å². The summed E-state index contributed by atoms with van der Waals surface area (Å²) in [7, 11) is 1.45. The highest BCUT2D eigenvalue weighted by Crippen LogP contribution is 2.12. The summed E-state index contributed by atoms with van der Waals surface area (Å²) >= 11 is 0. The van der Waals surface area contributed by atoms with Gasteiger partial charge in [-0.05, 0) is 6.42 Å². The van der Waals surface area contributed by atoms with Crippen LogP contribution in [-0.2, 0) is 4.74 Å². The molecule has 0 aliphatic carbocycles. The first-order chi connectivity index (χ1) is 8.47. The van der Waals surface area contributed by atoms with Gasteiger partial charge < -0.3 is 25.8 Å². The van der Waals surface area contributed by atoms with E-state index in [2.05, 4.69) is 10.1 Å². The molecule has 1 heterocycles. The summed E-state index contributed by atoms with van der Waals surface area (Å²) in [5, 5.41) is 32.5. The molecule has 0 aromatic carbocycles. The molecule has 1 aromatic rings. The lowest BCUT2D eigenvalue weighted by molar-refractivity contribution is -0.101. The minimum atomic E-state index is -1.53. The molecule has 0 radical (unpaired) electrons. The summed E-state index contributed by atoms with van der Waals surface area (Å²) in [5.74, 6) is -1.14. The summed E-state index contributed by atoms with van der Waals surface area (Å²) in [6.45, 7) is 0.231. The van der Waals surface area contributed by atoms with Crippen LogP contribution in [0.2, 0.25) is 0 Å².